The third-order valence-corrected chi connectivity index (χ3v) is 4.00. The molecular weight excluding hydrogens is 308 g/mol. The summed E-state index contributed by atoms with van der Waals surface area (Å²) in [5, 5.41) is 11.4. The molecule has 0 saturated carbocycles. The summed E-state index contributed by atoms with van der Waals surface area (Å²) in [6.07, 6.45) is -0.610. The van der Waals surface area contributed by atoms with Crippen molar-refractivity contribution in [1.82, 2.24) is 0 Å². The van der Waals surface area contributed by atoms with E-state index in [2.05, 4.69) is 11.5 Å². The van der Waals surface area contributed by atoms with Gasteiger partial charge in [0, 0.05) is 22.2 Å². The van der Waals surface area contributed by atoms with Gasteiger partial charge in [-0.25, -0.2) is 9.68 Å². The Morgan fingerprint density at radius 3 is 2.71 bits per heavy atom. The van der Waals surface area contributed by atoms with Gasteiger partial charge >= 0.3 is 5.63 Å². The van der Waals surface area contributed by atoms with E-state index < -0.39 is 6.10 Å². The van der Waals surface area contributed by atoms with Gasteiger partial charge in [-0.1, -0.05) is 24.8 Å². The van der Waals surface area contributed by atoms with Crippen LogP contribution in [0.4, 0.5) is 0 Å². The molecule has 0 amide bonds. The van der Waals surface area contributed by atoms with Crippen LogP contribution in [0, 0.1) is 6.92 Å². The Balaban J connectivity index is 2.09. The van der Waals surface area contributed by atoms with Crippen molar-refractivity contribution in [2.45, 2.75) is 20.0 Å². The average molecular weight is 326 g/mol. The molecule has 1 heterocycles. The molecule has 0 aliphatic rings. The predicted molar refractivity (Wildman–Crippen MR) is 92.5 cm³/mol. The molecule has 5 nitrogen and oxygen atoms in total. The summed E-state index contributed by atoms with van der Waals surface area (Å²) in [4.78, 5) is 16.1. The molecule has 5 heteroatoms. The van der Waals surface area contributed by atoms with Gasteiger partial charge < -0.3 is 9.15 Å². The van der Waals surface area contributed by atoms with Crippen molar-refractivity contribution in [3.8, 4) is 5.75 Å². The van der Waals surface area contributed by atoms with Crippen LogP contribution in [0.1, 0.15) is 12.5 Å². The molecule has 1 N–H and O–H groups in total. The van der Waals surface area contributed by atoms with Gasteiger partial charge in [-0.05, 0) is 37.1 Å². The van der Waals surface area contributed by atoms with Crippen LogP contribution in [0.15, 0.2) is 57.8 Å². The second-order valence-corrected chi connectivity index (χ2v) is 5.79. The second-order valence-electron chi connectivity index (χ2n) is 5.79. The summed E-state index contributed by atoms with van der Waals surface area (Å²) in [5.74, 6) is 0.613. The third-order valence-electron chi connectivity index (χ3n) is 4.00. The topological polar surface area (TPSA) is 68.9 Å². The lowest BCUT2D eigenvalue weighted by molar-refractivity contribution is -0.272. The Bertz CT molecular complexity index is 971. The van der Waals surface area contributed by atoms with Crippen molar-refractivity contribution in [3.63, 3.8) is 0 Å². The number of benzene rings is 2. The van der Waals surface area contributed by atoms with Gasteiger partial charge in [0.2, 0.25) is 0 Å². The van der Waals surface area contributed by atoms with Crippen LogP contribution in [-0.4, -0.2) is 18.0 Å². The van der Waals surface area contributed by atoms with Crippen molar-refractivity contribution in [1.29, 1.82) is 0 Å². The first-order valence-corrected chi connectivity index (χ1v) is 7.56. The molecule has 0 aliphatic carbocycles. The van der Waals surface area contributed by atoms with Crippen LogP contribution in [0.25, 0.3) is 21.7 Å². The quantitative estimate of drug-likeness (QED) is 0.252. The van der Waals surface area contributed by atoms with Crippen molar-refractivity contribution < 1.29 is 19.3 Å². The molecule has 24 heavy (non-hydrogen) atoms. The van der Waals surface area contributed by atoms with E-state index in [1.807, 2.05) is 37.3 Å². The van der Waals surface area contributed by atoms with E-state index in [-0.39, 0.29) is 12.2 Å². The minimum Gasteiger partial charge on any atom is -0.490 e. The van der Waals surface area contributed by atoms with E-state index >= 15 is 0 Å². The molecule has 2 aromatic carbocycles. The van der Waals surface area contributed by atoms with Crippen LogP contribution >= 0.6 is 0 Å². The molecule has 0 fully saturated rings. The summed E-state index contributed by atoms with van der Waals surface area (Å²) in [7, 11) is 0. The Morgan fingerprint density at radius 1 is 1.25 bits per heavy atom. The molecule has 1 aromatic heterocycles. The molecule has 124 valence electrons. The fraction of sp³-hybridized carbons (Fsp3) is 0.211. The molecule has 1 unspecified atom stereocenters. The number of fused-ring (bicyclic) bond motifs is 3. The highest BCUT2D eigenvalue weighted by atomic mass is 17.1. The van der Waals surface area contributed by atoms with Gasteiger partial charge in [0.1, 0.15) is 24.0 Å². The highest BCUT2D eigenvalue weighted by Gasteiger charge is 2.14. The number of ether oxygens (including phenoxy) is 1. The standard InChI is InChI=1S/C19H18O5/c1-11(2)17(24-21)10-22-16-6-4-5-15-14(16)8-7-13-12(3)9-18(20)23-19(13)15/h4-9,17,21H,1,10H2,2-3H3. The van der Waals surface area contributed by atoms with Crippen molar-refractivity contribution in [3.05, 3.63) is 64.5 Å². The summed E-state index contributed by atoms with van der Waals surface area (Å²) in [6, 6.07) is 10.8. The van der Waals surface area contributed by atoms with E-state index in [9.17, 15) is 4.79 Å². The van der Waals surface area contributed by atoms with Crippen molar-refractivity contribution >= 4 is 21.7 Å². The van der Waals surface area contributed by atoms with Crippen LogP contribution in [0.5, 0.6) is 5.75 Å². The van der Waals surface area contributed by atoms with Gasteiger partial charge in [-0.3, -0.25) is 5.26 Å². The minimum atomic E-state index is -0.610. The molecule has 0 saturated heterocycles. The maximum absolute atomic E-state index is 11.7. The smallest absolute Gasteiger partial charge is 0.336 e. The van der Waals surface area contributed by atoms with Gasteiger partial charge in [0.05, 0.1) is 0 Å². The monoisotopic (exact) mass is 326 g/mol. The summed E-state index contributed by atoms with van der Waals surface area (Å²) in [6.45, 7) is 7.50. The zero-order valence-electron chi connectivity index (χ0n) is 13.5. The lowest BCUT2D eigenvalue weighted by atomic mass is 10.0. The highest BCUT2D eigenvalue weighted by Crippen LogP contribution is 2.32. The Kier molecular flexibility index (Phi) is 4.38. The number of hydrogen-bond acceptors (Lipinski definition) is 5. The maximum atomic E-state index is 11.7. The maximum Gasteiger partial charge on any atom is 0.336 e. The minimum absolute atomic E-state index is 0.126. The SMILES string of the molecule is C=C(C)C(COc1cccc2c1ccc1c(C)cc(=O)oc12)OO. The van der Waals surface area contributed by atoms with Crippen molar-refractivity contribution in [2.24, 2.45) is 0 Å². The van der Waals surface area contributed by atoms with E-state index in [4.69, 9.17) is 14.4 Å². The highest BCUT2D eigenvalue weighted by molar-refractivity contribution is 6.07. The molecule has 1 atom stereocenters. The summed E-state index contributed by atoms with van der Waals surface area (Å²) in [5.41, 5.74) is 1.68. The fourth-order valence-corrected chi connectivity index (χ4v) is 2.66. The molecule has 3 rings (SSSR count). The van der Waals surface area contributed by atoms with E-state index in [1.54, 1.807) is 6.92 Å². The third kappa shape index (κ3) is 2.91. The second kappa shape index (κ2) is 6.47. The fourth-order valence-electron chi connectivity index (χ4n) is 2.66. The average Bonchev–Trinajstić information content (AvgIpc) is 2.55. The first kappa shape index (κ1) is 16.2. The van der Waals surface area contributed by atoms with E-state index in [1.165, 1.54) is 6.07 Å². The lowest BCUT2D eigenvalue weighted by Crippen LogP contribution is -2.21. The predicted octanol–water partition coefficient (Wildman–Crippen LogP) is 4.07. The molecule has 0 bridgehead atoms. The molecule has 0 spiro atoms. The van der Waals surface area contributed by atoms with Gasteiger partial charge in [-0.2, -0.15) is 0 Å². The molecule has 0 radical (unpaired) electrons. The summed E-state index contributed by atoms with van der Waals surface area (Å²) >= 11 is 0. The van der Waals surface area contributed by atoms with Crippen LogP contribution < -0.4 is 10.4 Å². The molecule has 0 aliphatic heterocycles. The lowest BCUT2D eigenvalue weighted by Gasteiger charge is -2.16. The summed E-state index contributed by atoms with van der Waals surface area (Å²) < 4.78 is 11.2. The van der Waals surface area contributed by atoms with E-state index in [0.717, 1.165) is 21.7 Å². The van der Waals surface area contributed by atoms with Crippen LogP contribution in [0.2, 0.25) is 0 Å². The number of hydrogen-bond donors (Lipinski definition) is 1. The van der Waals surface area contributed by atoms with Gasteiger partial charge in [0.15, 0.2) is 0 Å². The normalized spacial score (nSPS) is 12.5. The Hall–Kier alpha value is -2.63. The Morgan fingerprint density at radius 2 is 2.00 bits per heavy atom. The largest absolute Gasteiger partial charge is 0.490 e. The zero-order chi connectivity index (χ0) is 17.3. The van der Waals surface area contributed by atoms with Crippen molar-refractivity contribution in [2.75, 3.05) is 6.61 Å². The van der Waals surface area contributed by atoms with Gasteiger partial charge in [0.25, 0.3) is 0 Å². The first-order chi connectivity index (χ1) is 11.5. The number of aryl methyl sites for hydroxylation is 1. The van der Waals surface area contributed by atoms with Gasteiger partial charge in [-0.15, -0.1) is 0 Å². The van der Waals surface area contributed by atoms with Crippen LogP contribution in [-0.2, 0) is 4.89 Å². The first-order valence-electron chi connectivity index (χ1n) is 7.56. The molecule has 3 aromatic rings. The Labute approximate surface area is 138 Å². The zero-order valence-corrected chi connectivity index (χ0v) is 13.5. The number of rotatable bonds is 5. The van der Waals surface area contributed by atoms with Crippen LogP contribution in [0.3, 0.4) is 0 Å². The molecular formula is C19H18O5. The van der Waals surface area contributed by atoms with E-state index in [0.29, 0.717) is 16.9 Å².